The molecule has 0 radical (unpaired) electrons. The van der Waals surface area contributed by atoms with E-state index in [2.05, 4.69) is 36.0 Å². The number of imide groups is 1. The van der Waals surface area contributed by atoms with Gasteiger partial charge in [0.15, 0.2) is 5.82 Å². The molecule has 2 N–H and O–H groups in total. The van der Waals surface area contributed by atoms with Crippen molar-refractivity contribution < 1.29 is 37.7 Å². The molecule has 0 unspecified atom stereocenters. The van der Waals surface area contributed by atoms with Crippen LogP contribution in [-0.4, -0.2) is 142 Å². The second-order valence-corrected chi connectivity index (χ2v) is 22.7. The number of nitrogens with zero attached hydrogens (tertiary/aromatic N) is 8. The Morgan fingerprint density at radius 2 is 1.70 bits per heavy atom. The van der Waals surface area contributed by atoms with Crippen molar-refractivity contribution >= 4 is 50.9 Å². The third-order valence-electron chi connectivity index (χ3n) is 18.2. The van der Waals surface area contributed by atoms with Crippen molar-refractivity contribution in [3.8, 4) is 23.0 Å². The lowest BCUT2D eigenvalue weighted by Crippen LogP contribution is -2.59. The van der Waals surface area contributed by atoms with Crippen LogP contribution in [0, 0.1) is 22.5 Å². The molecule has 7 fully saturated rings. The van der Waals surface area contributed by atoms with Gasteiger partial charge < -0.3 is 34.2 Å². The highest BCUT2D eigenvalue weighted by Crippen LogP contribution is 2.53. The fourth-order valence-electron chi connectivity index (χ4n) is 13.7. The number of likely N-dealkylation sites (tertiary alicyclic amines) is 1. The number of ether oxygens (including phenoxy) is 2. The van der Waals surface area contributed by atoms with Crippen LogP contribution >= 0.6 is 0 Å². The summed E-state index contributed by atoms with van der Waals surface area (Å²) in [5.74, 6) is -1.36. The molecule has 73 heavy (non-hydrogen) atoms. The number of nitrogens with one attached hydrogen (secondary N) is 1. The van der Waals surface area contributed by atoms with Gasteiger partial charge in [0.25, 0.3) is 5.91 Å². The molecule has 0 bridgehead atoms. The summed E-state index contributed by atoms with van der Waals surface area (Å²) in [4.78, 5) is 63.4. The first-order valence-corrected chi connectivity index (χ1v) is 26.7. The fourth-order valence-corrected chi connectivity index (χ4v) is 13.7. The maximum absolute atomic E-state index is 17.3. The number of pyridine rings is 1. The van der Waals surface area contributed by atoms with Gasteiger partial charge in [0.1, 0.15) is 34.6 Å². The van der Waals surface area contributed by atoms with Gasteiger partial charge in [-0.15, -0.1) is 0 Å². The van der Waals surface area contributed by atoms with Crippen LogP contribution in [0.3, 0.4) is 0 Å². The van der Waals surface area contributed by atoms with Gasteiger partial charge in [0, 0.05) is 99.7 Å². The quantitative estimate of drug-likeness (QED) is 0.129. The Morgan fingerprint density at radius 1 is 0.890 bits per heavy atom. The number of amides is 3. The van der Waals surface area contributed by atoms with Gasteiger partial charge in [0.2, 0.25) is 11.8 Å². The van der Waals surface area contributed by atoms with E-state index in [1.807, 2.05) is 19.1 Å². The predicted molar refractivity (Wildman–Crippen MR) is 271 cm³/mol. The molecule has 5 saturated heterocycles. The largest absolute Gasteiger partial charge is 0.508 e. The van der Waals surface area contributed by atoms with E-state index in [0.29, 0.717) is 82.7 Å². The Hall–Kier alpha value is -6.04. The molecule has 2 aliphatic carbocycles. The number of aromatic nitrogens is 3. The summed E-state index contributed by atoms with van der Waals surface area (Å²) >= 11 is 0. The van der Waals surface area contributed by atoms with Crippen molar-refractivity contribution in [3.63, 3.8) is 0 Å². The highest BCUT2D eigenvalue weighted by molar-refractivity contribution is 6.06. The number of carbonyl (C=O) groups excluding carboxylic acids is 3. The molecule has 2 saturated carbocycles. The summed E-state index contributed by atoms with van der Waals surface area (Å²) in [6.45, 7) is 11.7. The first-order valence-electron chi connectivity index (χ1n) is 26.7. The van der Waals surface area contributed by atoms with Gasteiger partial charge in [-0.2, -0.15) is 9.97 Å². The van der Waals surface area contributed by atoms with E-state index in [4.69, 9.17) is 19.4 Å². The summed E-state index contributed by atoms with van der Waals surface area (Å²) in [5.41, 5.74) is 3.64. The van der Waals surface area contributed by atoms with Crippen LogP contribution < -0.4 is 19.9 Å². The van der Waals surface area contributed by atoms with E-state index in [0.717, 1.165) is 102 Å². The smallest absolute Gasteiger partial charge is 0.319 e. The number of carbonyl (C=O) groups is 3. The zero-order valence-corrected chi connectivity index (χ0v) is 41.6. The Bertz CT molecular complexity index is 3070. The number of anilines is 2. The Balaban J connectivity index is 0.646. The first-order chi connectivity index (χ1) is 35.4. The van der Waals surface area contributed by atoms with Gasteiger partial charge in [-0.25, -0.2) is 8.78 Å². The summed E-state index contributed by atoms with van der Waals surface area (Å²) in [7, 11) is 0. The van der Waals surface area contributed by atoms with E-state index < -0.39 is 17.7 Å². The lowest BCUT2D eigenvalue weighted by molar-refractivity contribution is -0.151. The van der Waals surface area contributed by atoms with Crippen molar-refractivity contribution in [2.24, 2.45) is 10.8 Å². The Morgan fingerprint density at radius 3 is 2.44 bits per heavy atom. The number of fused-ring (bicyclic) bond motifs is 3. The van der Waals surface area contributed by atoms with Crippen LogP contribution in [0.5, 0.6) is 11.8 Å². The number of halogens is 2. The molecule has 2 atom stereocenters. The normalized spacial score (nSPS) is 25.1. The van der Waals surface area contributed by atoms with Crippen molar-refractivity contribution in [2.75, 3.05) is 81.9 Å². The average molecular weight is 996 g/mol. The maximum Gasteiger partial charge on any atom is 0.319 e. The molecule has 5 aromatic rings. The molecular formula is C56H63F2N9O6. The number of hydrogen-bond acceptors (Lipinski definition) is 13. The van der Waals surface area contributed by atoms with Crippen LogP contribution in [0.1, 0.15) is 99.0 Å². The van der Waals surface area contributed by atoms with Crippen molar-refractivity contribution in [1.82, 2.24) is 35.0 Å². The number of piperidine rings is 3. The number of hydrogen-bond donors (Lipinski definition) is 2. The molecular weight excluding hydrogens is 933 g/mol. The Labute approximate surface area is 423 Å². The number of benzene rings is 3. The zero-order valence-electron chi connectivity index (χ0n) is 41.6. The van der Waals surface area contributed by atoms with Gasteiger partial charge in [-0.05, 0) is 141 Å². The third kappa shape index (κ3) is 8.33. The number of aryl methyl sites for hydroxylation is 1. The van der Waals surface area contributed by atoms with E-state index in [1.54, 1.807) is 23.2 Å². The predicted octanol–water partition coefficient (Wildman–Crippen LogP) is 7.14. The number of aromatic hydroxyl groups is 1. The fraction of sp³-hybridized carbons (Fsp3) is 0.536. The second kappa shape index (κ2) is 17.8. The number of phenols is 1. The van der Waals surface area contributed by atoms with Gasteiger partial charge in [0.05, 0.1) is 24.2 Å². The highest BCUT2D eigenvalue weighted by Gasteiger charge is 2.51. The Kier molecular flexibility index (Phi) is 11.4. The second-order valence-electron chi connectivity index (χ2n) is 22.7. The summed E-state index contributed by atoms with van der Waals surface area (Å²) in [6.07, 6.45) is 12.4. The van der Waals surface area contributed by atoms with Crippen LogP contribution in [0.2, 0.25) is 0 Å². The van der Waals surface area contributed by atoms with E-state index in [-0.39, 0.29) is 58.1 Å². The van der Waals surface area contributed by atoms with E-state index >= 15 is 8.78 Å². The molecule has 2 aromatic heterocycles. The monoisotopic (exact) mass is 995 g/mol. The van der Waals surface area contributed by atoms with Gasteiger partial charge in [-0.1, -0.05) is 13.0 Å². The molecule has 8 heterocycles. The first kappa shape index (κ1) is 46.7. The zero-order chi connectivity index (χ0) is 49.8. The molecule has 15 nitrogen and oxygen atoms in total. The standard InChI is InChI=1S/C56H63F2N9O6/c1-2-39-43(57)7-4-34-25-38(68)26-41(46(34)39)48-47(58)49-42(29-59-48)50(66-16-3-10-56(32-66)15-23-73-56)62-53(61-49)72-33-55(11-12-55)31-63-17-13-54(14-18-63)27-37(28-54)65-21-19-64(20-22-65)36-5-6-40-35(24-36)30-67(52(40)71)44-8-9-45(69)60-51(44)70/h4-7,24-26,29,37,44,68H,2-3,8-23,27-28,30-33H2,1H3,(H,60,69,70)/t44-,56-/m0/s1. The number of piperazine rings is 1. The minimum atomic E-state index is -0.669. The number of phenolic OH excluding ortho intramolecular Hbond substituents is 1. The summed E-state index contributed by atoms with van der Waals surface area (Å²) in [5, 5.41) is 14.8. The molecule has 3 aromatic carbocycles. The van der Waals surface area contributed by atoms with E-state index in [1.165, 1.54) is 37.8 Å². The van der Waals surface area contributed by atoms with Crippen molar-refractivity contribution in [3.05, 3.63) is 77.0 Å². The molecule has 6 aliphatic heterocycles. The van der Waals surface area contributed by atoms with Crippen LogP contribution in [0.4, 0.5) is 20.3 Å². The van der Waals surface area contributed by atoms with Crippen LogP contribution in [0.15, 0.2) is 48.7 Å². The van der Waals surface area contributed by atoms with Gasteiger partial charge in [-0.3, -0.25) is 29.6 Å². The lowest BCUT2D eigenvalue weighted by atomic mass is 9.60. The van der Waals surface area contributed by atoms with Crippen LogP contribution in [0.25, 0.3) is 32.9 Å². The lowest BCUT2D eigenvalue weighted by Gasteiger charge is -2.56. The SMILES string of the molecule is CCc1c(F)ccc2cc(O)cc(-c3ncc4c(N5CCC[C@]6(CCO6)C5)nc(OCC5(CN6CCC7(CC6)CC(N6CCN(c8ccc9c(c8)CN([C@H]8CCC(=O)NC8=O)C9=O)CC6)C7)CC5)nc4c3F)c12. The van der Waals surface area contributed by atoms with E-state index in [9.17, 15) is 19.5 Å². The molecule has 17 heteroatoms. The topological polar surface area (TPSA) is 157 Å². The highest BCUT2D eigenvalue weighted by atomic mass is 19.1. The molecule has 3 amide bonds. The molecule has 8 aliphatic rings. The number of rotatable bonds is 11. The maximum atomic E-state index is 17.3. The van der Waals surface area contributed by atoms with Gasteiger partial charge >= 0.3 is 6.01 Å². The minimum Gasteiger partial charge on any atom is -0.508 e. The molecule has 382 valence electrons. The minimum absolute atomic E-state index is 0.0151. The summed E-state index contributed by atoms with van der Waals surface area (Å²) in [6, 6.07) is 12.2. The third-order valence-corrected chi connectivity index (χ3v) is 18.2. The average Bonchev–Trinajstić information content (AvgIpc) is 4.07. The van der Waals surface area contributed by atoms with Crippen molar-refractivity contribution in [2.45, 2.75) is 108 Å². The molecule has 13 rings (SSSR count). The van der Waals surface area contributed by atoms with Crippen molar-refractivity contribution in [1.29, 1.82) is 0 Å². The summed E-state index contributed by atoms with van der Waals surface area (Å²) < 4.78 is 45.2. The molecule has 2 spiro atoms. The van der Waals surface area contributed by atoms with Crippen LogP contribution in [-0.2, 0) is 27.3 Å².